The third-order valence-electron chi connectivity index (χ3n) is 3.59. The Labute approximate surface area is 118 Å². The fourth-order valence-electron chi connectivity index (χ4n) is 2.66. The minimum absolute atomic E-state index is 0.0186. The van der Waals surface area contributed by atoms with E-state index in [0.29, 0.717) is 11.7 Å². The molecule has 1 aromatic heterocycles. The van der Waals surface area contributed by atoms with Crippen LogP contribution in [0.2, 0.25) is 0 Å². The largest absolute Gasteiger partial charge is 0.381 e. The highest BCUT2D eigenvalue weighted by Gasteiger charge is 2.21. The van der Waals surface area contributed by atoms with Gasteiger partial charge in [0.2, 0.25) is 0 Å². The molecular formula is C14H18N2O3S. The summed E-state index contributed by atoms with van der Waals surface area (Å²) in [5, 5.41) is 0. The zero-order chi connectivity index (χ0) is 14.2. The van der Waals surface area contributed by atoms with Gasteiger partial charge in [0.05, 0.1) is 17.6 Å². The monoisotopic (exact) mass is 294 g/mol. The van der Waals surface area contributed by atoms with Crippen LogP contribution in [-0.2, 0) is 26.9 Å². The minimum atomic E-state index is -3.10. The van der Waals surface area contributed by atoms with Crippen LogP contribution in [0, 0.1) is 5.92 Å². The first-order valence-electron chi connectivity index (χ1n) is 6.72. The van der Waals surface area contributed by atoms with Gasteiger partial charge < -0.3 is 9.30 Å². The van der Waals surface area contributed by atoms with Gasteiger partial charge in [0.25, 0.3) is 0 Å². The van der Waals surface area contributed by atoms with Crippen LogP contribution in [-0.4, -0.2) is 37.4 Å². The maximum Gasteiger partial charge on any atom is 0.154 e. The summed E-state index contributed by atoms with van der Waals surface area (Å²) in [7, 11) is -3.10. The van der Waals surface area contributed by atoms with E-state index in [4.69, 9.17) is 4.74 Å². The number of imidazole rings is 1. The second-order valence-corrected chi connectivity index (χ2v) is 7.57. The SMILES string of the molecule is CS(=O)(=O)Cc1nc2ccccc2n1CC1CCOC1. The third kappa shape index (κ3) is 2.86. The first-order chi connectivity index (χ1) is 9.53. The van der Waals surface area contributed by atoms with Gasteiger partial charge in [0.15, 0.2) is 9.84 Å². The van der Waals surface area contributed by atoms with Crippen LogP contribution < -0.4 is 0 Å². The molecule has 0 N–H and O–H groups in total. The lowest BCUT2D eigenvalue weighted by atomic mass is 10.1. The fourth-order valence-corrected chi connectivity index (χ4v) is 3.35. The summed E-state index contributed by atoms with van der Waals surface area (Å²) in [6.07, 6.45) is 2.26. The lowest BCUT2D eigenvalue weighted by Gasteiger charge is -2.12. The topological polar surface area (TPSA) is 61.2 Å². The molecule has 1 atom stereocenters. The van der Waals surface area contributed by atoms with Gasteiger partial charge in [0.1, 0.15) is 11.6 Å². The predicted molar refractivity (Wildman–Crippen MR) is 77.2 cm³/mol. The average Bonchev–Trinajstić information content (AvgIpc) is 2.97. The second kappa shape index (κ2) is 5.18. The Kier molecular flexibility index (Phi) is 3.52. The molecule has 3 rings (SSSR count). The van der Waals surface area contributed by atoms with Crippen molar-refractivity contribution in [3.63, 3.8) is 0 Å². The number of sulfone groups is 1. The van der Waals surface area contributed by atoms with Crippen LogP contribution >= 0.6 is 0 Å². The van der Waals surface area contributed by atoms with E-state index in [1.165, 1.54) is 6.26 Å². The van der Waals surface area contributed by atoms with Crippen molar-refractivity contribution in [1.29, 1.82) is 0 Å². The summed E-state index contributed by atoms with van der Waals surface area (Å²) < 4.78 is 30.6. The van der Waals surface area contributed by atoms with E-state index in [9.17, 15) is 8.42 Å². The van der Waals surface area contributed by atoms with Crippen LogP contribution in [0.25, 0.3) is 11.0 Å². The number of nitrogens with zero attached hydrogens (tertiary/aromatic N) is 2. The van der Waals surface area contributed by atoms with Crippen molar-refractivity contribution in [3.05, 3.63) is 30.1 Å². The van der Waals surface area contributed by atoms with Gasteiger partial charge in [-0.2, -0.15) is 0 Å². The van der Waals surface area contributed by atoms with Crippen molar-refractivity contribution < 1.29 is 13.2 Å². The molecule has 1 aliphatic heterocycles. The molecule has 5 nitrogen and oxygen atoms in total. The molecule has 1 unspecified atom stereocenters. The second-order valence-electron chi connectivity index (χ2n) is 5.43. The Hall–Kier alpha value is -1.40. The zero-order valence-corrected chi connectivity index (χ0v) is 12.3. The van der Waals surface area contributed by atoms with Gasteiger partial charge in [-0.1, -0.05) is 12.1 Å². The molecule has 108 valence electrons. The van der Waals surface area contributed by atoms with Crippen molar-refractivity contribution in [2.45, 2.75) is 18.7 Å². The Morgan fingerprint density at radius 1 is 1.40 bits per heavy atom. The third-order valence-corrected chi connectivity index (χ3v) is 4.37. The number of aromatic nitrogens is 2. The van der Waals surface area contributed by atoms with E-state index in [0.717, 1.165) is 37.2 Å². The number of hydrogen-bond donors (Lipinski definition) is 0. The molecule has 1 saturated heterocycles. The average molecular weight is 294 g/mol. The molecule has 0 spiro atoms. The van der Waals surface area contributed by atoms with E-state index in [-0.39, 0.29) is 5.75 Å². The number of fused-ring (bicyclic) bond motifs is 1. The van der Waals surface area contributed by atoms with Gasteiger partial charge >= 0.3 is 0 Å². The van der Waals surface area contributed by atoms with Crippen LogP contribution in [0.15, 0.2) is 24.3 Å². The standard InChI is InChI=1S/C14H18N2O3S/c1-20(17,18)10-14-15-12-4-2-3-5-13(12)16(14)8-11-6-7-19-9-11/h2-5,11H,6-10H2,1H3. The van der Waals surface area contributed by atoms with Gasteiger partial charge in [-0.05, 0) is 18.6 Å². The van der Waals surface area contributed by atoms with E-state index in [2.05, 4.69) is 4.98 Å². The number of hydrogen-bond acceptors (Lipinski definition) is 4. The predicted octanol–water partition coefficient (Wildman–Crippen LogP) is 1.62. The smallest absolute Gasteiger partial charge is 0.154 e. The van der Waals surface area contributed by atoms with E-state index in [1.54, 1.807) is 0 Å². The Morgan fingerprint density at radius 3 is 2.90 bits per heavy atom. The molecule has 0 radical (unpaired) electrons. The summed E-state index contributed by atoms with van der Waals surface area (Å²) in [5.74, 6) is 1.04. The molecule has 0 amide bonds. The highest BCUT2D eigenvalue weighted by molar-refractivity contribution is 7.89. The summed E-state index contributed by atoms with van der Waals surface area (Å²) in [4.78, 5) is 4.48. The molecule has 2 heterocycles. The summed E-state index contributed by atoms with van der Waals surface area (Å²) in [6, 6.07) is 7.78. The summed E-state index contributed by atoms with van der Waals surface area (Å²) in [5.41, 5.74) is 1.85. The van der Waals surface area contributed by atoms with Crippen LogP contribution in [0.5, 0.6) is 0 Å². The molecule has 0 aliphatic carbocycles. The van der Waals surface area contributed by atoms with E-state index >= 15 is 0 Å². The van der Waals surface area contributed by atoms with Crippen LogP contribution in [0.1, 0.15) is 12.2 Å². The first-order valence-corrected chi connectivity index (χ1v) is 8.78. The lowest BCUT2D eigenvalue weighted by Crippen LogP contribution is -2.15. The molecule has 1 fully saturated rings. The normalized spacial score (nSPS) is 19.8. The first kappa shape index (κ1) is 13.6. The molecule has 0 saturated carbocycles. The van der Waals surface area contributed by atoms with Crippen molar-refractivity contribution in [2.75, 3.05) is 19.5 Å². The Morgan fingerprint density at radius 2 is 2.20 bits per heavy atom. The lowest BCUT2D eigenvalue weighted by molar-refractivity contribution is 0.182. The van der Waals surface area contributed by atoms with E-state index < -0.39 is 9.84 Å². The molecular weight excluding hydrogens is 276 g/mol. The number of benzene rings is 1. The molecule has 20 heavy (non-hydrogen) atoms. The maximum absolute atomic E-state index is 11.6. The van der Waals surface area contributed by atoms with Gasteiger partial charge in [-0.15, -0.1) is 0 Å². The van der Waals surface area contributed by atoms with Gasteiger partial charge in [-0.25, -0.2) is 13.4 Å². The summed E-state index contributed by atoms with van der Waals surface area (Å²) >= 11 is 0. The zero-order valence-electron chi connectivity index (χ0n) is 11.4. The minimum Gasteiger partial charge on any atom is -0.381 e. The Balaban J connectivity index is 2.02. The number of para-hydroxylation sites is 2. The fraction of sp³-hybridized carbons (Fsp3) is 0.500. The number of rotatable bonds is 4. The van der Waals surface area contributed by atoms with E-state index in [1.807, 2.05) is 28.8 Å². The Bertz CT molecular complexity index is 715. The summed E-state index contributed by atoms with van der Waals surface area (Å²) in [6.45, 7) is 2.30. The van der Waals surface area contributed by atoms with Gasteiger partial charge in [0, 0.05) is 25.3 Å². The molecule has 0 bridgehead atoms. The highest BCUT2D eigenvalue weighted by atomic mass is 32.2. The van der Waals surface area contributed by atoms with Crippen LogP contribution in [0.3, 0.4) is 0 Å². The van der Waals surface area contributed by atoms with Gasteiger partial charge in [-0.3, -0.25) is 0 Å². The van der Waals surface area contributed by atoms with Crippen molar-refractivity contribution >= 4 is 20.9 Å². The number of ether oxygens (including phenoxy) is 1. The van der Waals surface area contributed by atoms with Crippen LogP contribution in [0.4, 0.5) is 0 Å². The molecule has 2 aromatic rings. The molecule has 6 heteroatoms. The quantitative estimate of drug-likeness (QED) is 0.859. The highest BCUT2D eigenvalue weighted by Crippen LogP contribution is 2.22. The van der Waals surface area contributed by atoms with Crippen molar-refractivity contribution in [1.82, 2.24) is 9.55 Å². The maximum atomic E-state index is 11.6. The van der Waals surface area contributed by atoms with Crippen molar-refractivity contribution in [2.24, 2.45) is 5.92 Å². The molecule has 1 aliphatic rings. The van der Waals surface area contributed by atoms with Crippen molar-refractivity contribution in [3.8, 4) is 0 Å². The molecule has 1 aromatic carbocycles.